The molecule has 8 nitrogen and oxygen atoms in total. The molecule has 72 heavy (non-hydrogen) atoms. The number of nitrogens with one attached hydrogen (secondary N) is 1. The first-order chi connectivity index (χ1) is 35.7. The maximum Gasteiger partial charge on any atom is 0.175 e. The minimum Gasteiger partial charge on any atom is -0.354 e. The third-order valence-corrected chi connectivity index (χ3v) is 14.3. The van der Waals surface area contributed by atoms with Crippen molar-refractivity contribution in [3.05, 3.63) is 249 Å². The van der Waals surface area contributed by atoms with E-state index < -0.39 is 0 Å². The van der Waals surface area contributed by atoms with E-state index in [9.17, 15) is 0 Å². The quantitative estimate of drug-likeness (QED) is 0.123. The first kappa shape index (κ1) is 41.4. The van der Waals surface area contributed by atoms with E-state index in [-0.39, 0.29) is 0 Å². The molecule has 342 valence electrons. The summed E-state index contributed by atoms with van der Waals surface area (Å²) in [5.41, 5.74) is 16.1. The molecule has 0 atom stereocenters. The largest absolute Gasteiger partial charge is 0.354 e. The lowest BCUT2D eigenvalue weighted by Gasteiger charge is -2.10. The molecule has 0 spiro atoms. The van der Waals surface area contributed by atoms with Crippen molar-refractivity contribution >= 4 is 87.2 Å². The third kappa shape index (κ3) is 6.62. The number of fused-ring (bicyclic) bond motifs is 12. The molecule has 0 amide bonds. The summed E-state index contributed by atoms with van der Waals surface area (Å²) in [6.45, 7) is 0. The molecule has 8 heteroatoms. The summed E-state index contributed by atoms with van der Waals surface area (Å²) < 4.78 is 9.22. The van der Waals surface area contributed by atoms with Gasteiger partial charge in [0, 0.05) is 89.3 Å². The Balaban J connectivity index is 0.000000134. The maximum atomic E-state index is 5.16. The van der Waals surface area contributed by atoms with Gasteiger partial charge in [0.15, 0.2) is 5.75 Å². The van der Waals surface area contributed by atoms with Crippen molar-refractivity contribution in [2.45, 2.75) is 0 Å². The predicted octanol–water partition coefficient (Wildman–Crippen LogP) is 15.9. The summed E-state index contributed by atoms with van der Waals surface area (Å²) in [4.78, 5) is 13.2. The van der Waals surface area contributed by atoms with Gasteiger partial charge >= 0.3 is 0 Å². The number of aromatic nitrogens is 5. The number of nitrogens with zero attached hydrogens (tertiary/aromatic N) is 4. The number of hydrogen-bond acceptors (Lipinski definition) is 3. The molecule has 0 aliphatic rings. The average Bonchev–Trinajstić information content (AvgIpc) is 4.28. The summed E-state index contributed by atoms with van der Waals surface area (Å²) in [6.07, 6.45) is 4.31. The lowest BCUT2D eigenvalue weighted by molar-refractivity contribution is -0.211. The van der Waals surface area contributed by atoms with Gasteiger partial charge in [0.25, 0.3) is 0 Å². The molecule has 0 radical (unpaired) electrons. The van der Waals surface area contributed by atoms with Crippen LogP contribution >= 0.6 is 0 Å². The highest BCUT2D eigenvalue weighted by molar-refractivity contribution is 6.17. The van der Waals surface area contributed by atoms with Crippen molar-refractivity contribution in [2.75, 3.05) is 0 Å². The van der Waals surface area contributed by atoms with E-state index in [1.165, 1.54) is 87.7 Å². The van der Waals surface area contributed by atoms with Gasteiger partial charge in [-0.3, -0.25) is 0 Å². The van der Waals surface area contributed by atoms with Crippen molar-refractivity contribution in [2.24, 2.45) is 5.90 Å². The van der Waals surface area contributed by atoms with Crippen LogP contribution in [0.25, 0.3) is 121 Å². The Morgan fingerprint density at radius 2 is 0.875 bits per heavy atom. The topological polar surface area (TPSA) is 80.0 Å². The van der Waals surface area contributed by atoms with E-state index in [0.717, 1.165) is 33.4 Å². The van der Waals surface area contributed by atoms with Crippen LogP contribution in [0.4, 0.5) is 0 Å². The Morgan fingerprint density at radius 1 is 0.347 bits per heavy atom. The number of aromatic amines is 1. The van der Waals surface area contributed by atoms with Gasteiger partial charge in [-0.25, -0.2) is 0 Å². The van der Waals surface area contributed by atoms with Gasteiger partial charge in [-0.05, 0) is 121 Å². The van der Waals surface area contributed by atoms with Gasteiger partial charge in [-0.1, -0.05) is 126 Å². The molecule has 15 rings (SSSR count). The minimum absolute atomic E-state index is 0.573. The van der Waals surface area contributed by atoms with E-state index in [4.69, 9.17) is 10.8 Å². The molecular formula is C64H44N6O2. The average molecular weight is 929 g/mol. The molecule has 0 saturated carbocycles. The van der Waals surface area contributed by atoms with Crippen LogP contribution < -0.4 is 10.8 Å². The van der Waals surface area contributed by atoms with Crippen molar-refractivity contribution in [1.82, 2.24) is 23.3 Å². The summed E-state index contributed by atoms with van der Waals surface area (Å²) in [6, 6.07) is 83.3. The standard InChI is InChI=1S/C32H23N3O2.C32H21N3/c33-37-36-32-13-7-5-10-26(32)22-14-16-29-23(20-22)18-19-34(29)25-15-17-31-28(21-25)27-11-4-6-12-30(27)35(31)24-8-2-1-3-9-24;1-2-8-21(9-3-1)35-30-13-7-5-11-24(30)27-20-22(14-16-31(27)35)34-19-18-26-29(34)17-15-25-23-10-4-6-12-28(23)33-32(25)26/h1-21H,33H2;1-20,33H. The highest BCUT2D eigenvalue weighted by Crippen LogP contribution is 2.39. The fraction of sp³-hybridized carbons (Fsp3) is 0. The SMILES string of the molecule is NOOc1ccccc1-c1ccc2c(ccn2-c2ccc3c(c2)c2ccccc2n3-c2ccccc2)c1.c1ccc(-n2c3ccccc3c3cc(-n4ccc5c6[nH]c7ccccc7c6ccc54)ccc32)cc1. The molecule has 15 aromatic rings. The lowest BCUT2D eigenvalue weighted by Crippen LogP contribution is -2.04. The zero-order valence-electron chi connectivity index (χ0n) is 38.9. The molecule has 0 aliphatic heterocycles. The maximum absolute atomic E-state index is 5.16. The van der Waals surface area contributed by atoms with Crippen molar-refractivity contribution in [3.8, 4) is 39.6 Å². The zero-order chi connectivity index (χ0) is 47.7. The van der Waals surface area contributed by atoms with Crippen molar-refractivity contribution in [1.29, 1.82) is 0 Å². The van der Waals surface area contributed by atoms with Gasteiger partial charge in [0.2, 0.25) is 0 Å². The van der Waals surface area contributed by atoms with Crippen LogP contribution in [-0.2, 0) is 4.99 Å². The number of nitrogens with two attached hydrogens (primary N) is 1. The summed E-state index contributed by atoms with van der Waals surface area (Å²) in [5, 5.41) is 9.90. The number of benzene rings is 10. The number of para-hydroxylation sites is 6. The number of H-pyrrole nitrogens is 1. The second-order valence-electron chi connectivity index (χ2n) is 18.2. The van der Waals surface area contributed by atoms with E-state index in [2.05, 4.69) is 253 Å². The van der Waals surface area contributed by atoms with Crippen LogP contribution in [-0.4, -0.2) is 23.3 Å². The van der Waals surface area contributed by atoms with Crippen molar-refractivity contribution in [3.63, 3.8) is 0 Å². The molecule has 5 aromatic heterocycles. The molecule has 5 heterocycles. The molecule has 0 unspecified atom stereocenters. The molecular weight excluding hydrogens is 885 g/mol. The monoisotopic (exact) mass is 928 g/mol. The Hall–Kier alpha value is -9.60. The van der Waals surface area contributed by atoms with Crippen molar-refractivity contribution < 1.29 is 9.88 Å². The highest BCUT2D eigenvalue weighted by Gasteiger charge is 2.17. The minimum atomic E-state index is 0.573. The molecule has 0 saturated heterocycles. The molecule has 3 N–H and O–H groups in total. The Labute approximate surface area is 413 Å². The molecule has 0 fully saturated rings. The Bertz CT molecular complexity index is 4540. The van der Waals surface area contributed by atoms with E-state index in [0.29, 0.717) is 5.75 Å². The fourth-order valence-electron chi connectivity index (χ4n) is 11.1. The van der Waals surface area contributed by atoms with Gasteiger partial charge < -0.3 is 28.1 Å². The van der Waals surface area contributed by atoms with Gasteiger partial charge in [0.05, 0.1) is 38.6 Å². The van der Waals surface area contributed by atoms with E-state index >= 15 is 0 Å². The van der Waals surface area contributed by atoms with Crippen LogP contribution in [0.1, 0.15) is 0 Å². The molecule has 10 aromatic carbocycles. The normalized spacial score (nSPS) is 11.7. The number of rotatable bonds is 7. The first-order valence-electron chi connectivity index (χ1n) is 24.1. The summed E-state index contributed by atoms with van der Waals surface area (Å²) >= 11 is 0. The first-order valence-corrected chi connectivity index (χ1v) is 24.1. The molecule has 0 bridgehead atoms. The summed E-state index contributed by atoms with van der Waals surface area (Å²) in [7, 11) is 0. The van der Waals surface area contributed by atoms with E-state index in [1.807, 2.05) is 24.3 Å². The van der Waals surface area contributed by atoms with Gasteiger partial charge in [-0.15, -0.1) is 0 Å². The van der Waals surface area contributed by atoms with Gasteiger partial charge in [-0.2, -0.15) is 5.90 Å². The second-order valence-corrected chi connectivity index (χ2v) is 18.2. The van der Waals surface area contributed by atoms with Crippen LogP contribution in [0.15, 0.2) is 249 Å². The number of hydrogen-bond donors (Lipinski definition) is 2. The molecule has 0 aliphatic carbocycles. The highest BCUT2D eigenvalue weighted by atomic mass is 17.3. The fourth-order valence-corrected chi connectivity index (χ4v) is 11.1. The Morgan fingerprint density at radius 3 is 1.54 bits per heavy atom. The van der Waals surface area contributed by atoms with Gasteiger partial charge in [0.1, 0.15) is 0 Å². The van der Waals surface area contributed by atoms with Crippen LogP contribution in [0.2, 0.25) is 0 Å². The van der Waals surface area contributed by atoms with Crippen LogP contribution in [0.3, 0.4) is 0 Å². The van der Waals surface area contributed by atoms with E-state index in [1.54, 1.807) is 0 Å². The zero-order valence-corrected chi connectivity index (χ0v) is 38.9. The third-order valence-electron chi connectivity index (χ3n) is 14.3. The smallest absolute Gasteiger partial charge is 0.175 e. The van der Waals surface area contributed by atoms with Crippen LogP contribution in [0, 0.1) is 0 Å². The van der Waals surface area contributed by atoms with Crippen LogP contribution in [0.5, 0.6) is 5.75 Å². The Kier molecular flexibility index (Phi) is 9.67. The second kappa shape index (κ2) is 16.8. The predicted molar refractivity (Wildman–Crippen MR) is 296 cm³/mol. The lowest BCUT2D eigenvalue weighted by atomic mass is 10.0. The summed E-state index contributed by atoms with van der Waals surface area (Å²) in [5.74, 6) is 5.72.